The van der Waals surface area contributed by atoms with Crippen LogP contribution in [0.3, 0.4) is 0 Å². The predicted octanol–water partition coefficient (Wildman–Crippen LogP) is 2.08. The quantitative estimate of drug-likeness (QED) is 0.826. The molecule has 3 nitrogen and oxygen atoms in total. The molecule has 1 aromatic rings. The van der Waals surface area contributed by atoms with Crippen LogP contribution < -0.4 is 11.1 Å². The second kappa shape index (κ2) is 6.55. The van der Waals surface area contributed by atoms with Crippen molar-refractivity contribution in [3.05, 3.63) is 29.8 Å². The third-order valence-corrected chi connectivity index (χ3v) is 3.15. The van der Waals surface area contributed by atoms with Gasteiger partial charge >= 0.3 is 0 Å². The van der Waals surface area contributed by atoms with Crippen molar-refractivity contribution >= 4 is 23.4 Å². The molecule has 16 heavy (non-hydrogen) atoms. The Hall–Kier alpha value is -1.00. The summed E-state index contributed by atoms with van der Waals surface area (Å²) >= 11 is 1.68. The molecule has 1 atom stereocenters. The highest BCUT2D eigenvalue weighted by Gasteiger charge is 2.11. The molecule has 1 rings (SSSR count). The van der Waals surface area contributed by atoms with Gasteiger partial charge in [0.15, 0.2) is 0 Å². The van der Waals surface area contributed by atoms with Crippen LogP contribution in [0.2, 0.25) is 0 Å². The Morgan fingerprint density at radius 1 is 1.44 bits per heavy atom. The summed E-state index contributed by atoms with van der Waals surface area (Å²) in [5.74, 6) is 0.936. The van der Waals surface area contributed by atoms with Gasteiger partial charge in [-0.15, -0.1) is 0 Å². The largest absolute Gasteiger partial charge is 0.326 e. The molecule has 3 N–H and O–H groups in total. The van der Waals surface area contributed by atoms with Crippen LogP contribution in [0.25, 0.3) is 0 Å². The molecule has 88 valence electrons. The number of thioether (sulfide) groups is 1. The van der Waals surface area contributed by atoms with Crippen LogP contribution in [0.4, 0.5) is 5.69 Å². The summed E-state index contributed by atoms with van der Waals surface area (Å²) in [6, 6.07) is 7.61. The molecule has 1 aromatic carbocycles. The van der Waals surface area contributed by atoms with Gasteiger partial charge in [-0.3, -0.25) is 4.79 Å². The average Bonchev–Trinajstić information content (AvgIpc) is 2.30. The van der Waals surface area contributed by atoms with Crippen molar-refractivity contribution in [3.63, 3.8) is 0 Å². The van der Waals surface area contributed by atoms with E-state index in [0.29, 0.717) is 6.54 Å². The SMILES string of the molecule is CSCC(C)C(=O)Nc1ccc(CN)cc1. The van der Waals surface area contributed by atoms with Gasteiger partial charge in [0.05, 0.1) is 0 Å². The molecular weight excluding hydrogens is 220 g/mol. The number of anilines is 1. The summed E-state index contributed by atoms with van der Waals surface area (Å²) in [6.07, 6.45) is 2.00. The van der Waals surface area contributed by atoms with Gasteiger partial charge in [-0.25, -0.2) is 0 Å². The van der Waals surface area contributed by atoms with Crippen LogP contribution >= 0.6 is 11.8 Å². The molecule has 0 spiro atoms. The highest BCUT2D eigenvalue weighted by Crippen LogP contribution is 2.12. The Morgan fingerprint density at radius 3 is 2.56 bits per heavy atom. The first-order chi connectivity index (χ1) is 7.67. The van der Waals surface area contributed by atoms with E-state index in [1.807, 2.05) is 37.4 Å². The van der Waals surface area contributed by atoms with E-state index in [9.17, 15) is 4.79 Å². The molecule has 0 heterocycles. The van der Waals surface area contributed by atoms with E-state index in [2.05, 4.69) is 5.32 Å². The maximum Gasteiger partial charge on any atom is 0.228 e. The number of nitrogens with one attached hydrogen (secondary N) is 1. The summed E-state index contributed by atoms with van der Waals surface area (Å²) in [5.41, 5.74) is 7.39. The predicted molar refractivity (Wildman–Crippen MR) is 70.5 cm³/mol. The zero-order valence-corrected chi connectivity index (χ0v) is 10.5. The molecular formula is C12H18N2OS. The van der Waals surface area contributed by atoms with Crippen LogP contribution in [0.5, 0.6) is 0 Å². The normalized spacial score (nSPS) is 12.2. The van der Waals surface area contributed by atoms with Gasteiger partial charge in [-0.1, -0.05) is 19.1 Å². The standard InChI is InChI=1S/C12H18N2OS/c1-9(8-16-2)12(15)14-11-5-3-10(7-13)4-6-11/h3-6,9H,7-8,13H2,1-2H3,(H,14,15). The lowest BCUT2D eigenvalue weighted by molar-refractivity contribution is -0.118. The molecule has 0 aliphatic heterocycles. The van der Waals surface area contributed by atoms with E-state index >= 15 is 0 Å². The van der Waals surface area contributed by atoms with Crippen LogP contribution in [-0.2, 0) is 11.3 Å². The number of amides is 1. The lowest BCUT2D eigenvalue weighted by Gasteiger charge is -2.11. The maximum absolute atomic E-state index is 11.7. The summed E-state index contributed by atoms with van der Waals surface area (Å²) in [4.78, 5) is 11.7. The van der Waals surface area contributed by atoms with Gasteiger partial charge in [0.1, 0.15) is 0 Å². The fourth-order valence-electron chi connectivity index (χ4n) is 1.32. The van der Waals surface area contributed by atoms with E-state index in [1.165, 1.54) is 0 Å². The first-order valence-corrected chi connectivity index (χ1v) is 6.65. The second-order valence-corrected chi connectivity index (χ2v) is 4.66. The van der Waals surface area contributed by atoms with E-state index in [4.69, 9.17) is 5.73 Å². The molecule has 0 aliphatic rings. The van der Waals surface area contributed by atoms with Crippen molar-refractivity contribution in [1.29, 1.82) is 0 Å². The summed E-state index contributed by atoms with van der Waals surface area (Å²) in [7, 11) is 0. The van der Waals surface area contributed by atoms with Crippen molar-refractivity contribution in [2.75, 3.05) is 17.3 Å². The maximum atomic E-state index is 11.7. The first kappa shape index (κ1) is 13.1. The fraction of sp³-hybridized carbons (Fsp3) is 0.417. The highest BCUT2D eigenvalue weighted by molar-refractivity contribution is 7.98. The number of hydrogen-bond donors (Lipinski definition) is 2. The molecule has 1 unspecified atom stereocenters. The second-order valence-electron chi connectivity index (χ2n) is 3.75. The van der Waals surface area contributed by atoms with Crippen molar-refractivity contribution in [3.8, 4) is 0 Å². The third-order valence-electron chi connectivity index (χ3n) is 2.32. The Morgan fingerprint density at radius 2 is 2.06 bits per heavy atom. The third kappa shape index (κ3) is 3.87. The van der Waals surface area contributed by atoms with Crippen molar-refractivity contribution in [2.24, 2.45) is 11.7 Å². The zero-order valence-electron chi connectivity index (χ0n) is 9.69. The summed E-state index contributed by atoms with van der Waals surface area (Å²) < 4.78 is 0. The highest BCUT2D eigenvalue weighted by atomic mass is 32.2. The molecule has 0 bridgehead atoms. The van der Waals surface area contributed by atoms with Gasteiger partial charge in [0.2, 0.25) is 5.91 Å². The van der Waals surface area contributed by atoms with E-state index in [1.54, 1.807) is 11.8 Å². The number of benzene rings is 1. The number of hydrogen-bond acceptors (Lipinski definition) is 3. The van der Waals surface area contributed by atoms with E-state index < -0.39 is 0 Å². The van der Waals surface area contributed by atoms with Crippen molar-refractivity contribution in [1.82, 2.24) is 0 Å². The zero-order chi connectivity index (χ0) is 12.0. The van der Waals surface area contributed by atoms with Gasteiger partial charge < -0.3 is 11.1 Å². The molecule has 0 aliphatic carbocycles. The van der Waals surface area contributed by atoms with Crippen molar-refractivity contribution < 1.29 is 4.79 Å². The smallest absolute Gasteiger partial charge is 0.228 e. The number of rotatable bonds is 5. The van der Waals surface area contributed by atoms with Gasteiger partial charge in [-0.05, 0) is 24.0 Å². The monoisotopic (exact) mass is 238 g/mol. The lowest BCUT2D eigenvalue weighted by Crippen LogP contribution is -2.22. The first-order valence-electron chi connectivity index (χ1n) is 5.26. The lowest BCUT2D eigenvalue weighted by atomic mass is 10.1. The van der Waals surface area contributed by atoms with Gasteiger partial charge in [-0.2, -0.15) is 11.8 Å². The molecule has 0 fully saturated rings. The van der Waals surface area contributed by atoms with Crippen LogP contribution in [0.1, 0.15) is 12.5 Å². The molecule has 0 aromatic heterocycles. The Balaban J connectivity index is 2.55. The minimum absolute atomic E-state index is 0.0317. The van der Waals surface area contributed by atoms with E-state index in [0.717, 1.165) is 17.0 Å². The molecule has 4 heteroatoms. The number of nitrogens with two attached hydrogens (primary N) is 1. The minimum atomic E-state index is 0.0317. The fourth-order valence-corrected chi connectivity index (χ4v) is 1.97. The Bertz CT molecular complexity index is 337. The Kier molecular flexibility index (Phi) is 5.35. The topological polar surface area (TPSA) is 55.1 Å². The minimum Gasteiger partial charge on any atom is -0.326 e. The number of carbonyl (C=O) groups excluding carboxylic acids is 1. The van der Waals surface area contributed by atoms with Gasteiger partial charge in [0, 0.05) is 23.9 Å². The van der Waals surface area contributed by atoms with Gasteiger partial charge in [0.25, 0.3) is 0 Å². The molecule has 0 saturated heterocycles. The van der Waals surface area contributed by atoms with Crippen LogP contribution in [0.15, 0.2) is 24.3 Å². The Labute approximate surface area is 101 Å². The molecule has 0 saturated carbocycles. The summed E-state index contributed by atoms with van der Waals surface area (Å²) in [5, 5.41) is 2.88. The summed E-state index contributed by atoms with van der Waals surface area (Å²) in [6.45, 7) is 2.46. The van der Waals surface area contributed by atoms with Crippen molar-refractivity contribution in [2.45, 2.75) is 13.5 Å². The van der Waals surface area contributed by atoms with Crippen LogP contribution in [-0.4, -0.2) is 17.9 Å². The average molecular weight is 238 g/mol. The molecule has 0 radical (unpaired) electrons. The number of carbonyl (C=O) groups is 1. The van der Waals surface area contributed by atoms with Crippen LogP contribution in [0, 0.1) is 5.92 Å². The van der Waals surface area contributed by atoms with E-state index in [-0.39, 0.29) is 11.8 Å². The molecule has 1 amide bonds.